The zero-order chi connectivity index (χ0) is 18.0. The van der Waals surface area contributed by atoms with Crippen molar-refractivity contribution in [2.24, 2.45) is 11.3 Å². The molecule has 2 N–H and O–H groups in total. The quantitative estimate of drug-likeness (QED) is 0.687. The molecule has 0 radical (unpaired) electrons. The van der Waals surface area contributed by atoms with Crippen LogP contribution in [0.3, 0.4) is 0 Å². The fourth-order valence-corrected chi connectivity index (χ4v) is 4.92. The maximum atomic E-state index is 13.0. The van der Waals surface area contributed by atoms with E-state index < -0.39 is 0 Å². The number of carbonyl (C=O) groups excluding carboxylic acids is 2. The van der Waals surface area contributed by atoms with E-state index in [1.54, 1.807) is 11.3 Å². The minimum atomic E-state index is 0.170. The highest BCUT2D eigenvalue weighted by atomic mass is 32.1. The molecule has 2 amide bonds. The van der Waals surface area contributed by atoms with Crippen molar-refractivity contribution in [1.82, 2.24) is 15.5 Å². The minimum Gasteiger partial charge on any atom is -0.356 e. The van der Waals surface area contributed by atoms with Crippen molar-refractivity contribution < 1.29 is 9.59 Å². The van der Waals surface area contributed by atoms with Gasteiger partial charge in [-0.3, -0.25) is 9.59 Å². The molecule has 1 aliphatic heterocycles. The molecule has 1 unspecified atom stereocenters. The first kappa shape index (κ1) is 18.0. The van der Waals surface area contributed by atoms with Gasteiger partial charge in [0.1, 0.15) is 0 Å². The van der Waals surface area contributed by atoms with Gasteiger partial charge in [-0.2, -0.15) is 11.3 Å². The topological polar surface area (TPSA) is 61.4 Å². The molecule has 0 bridgehead atoms. The molecular weight excluding hydrogens is 346 g/mol. The van der Waals surface area contributed by atoms with Gasteiger partial charge in [0.05, 0.1) is 0 Å². The number of nitrogens with zero attached hydrogens (tertiary/aromatic N) is 1. The van der Waals surface area contributed by atoms with Gasteiger partial charge in [0.2, 0.25) is 11.8 Å². The predicted octanol–water partition coefficient (Wildman–Crippen LogP) is 2.53. The molecule has 26 heavy (non-hydrogen) atoms. The summed E-state index contributed by atoms with van der Waals surface area (Å²) in [6, 6.07) is 2.52. The van der Waals surface area contributed by atoms with Crippen LogP contribution in [-0.2, 0) is 16.1 Å². The Balaban J connectivity index is 1.31. The first-order valence-corrected chi connectivity index (χ1v) is 10.9. The van der Waals surface area contributed by atoms with Crippen LogP contribution in [-0.4, -0.2) is 42.4 Å². The lowest BCUT2D eigenvalue weighted by Crippen LogP contribution is -2.39. The van der Waals surface area contributed by atoms with E-state index in [9.17, 15) is 9.59 Å². The molecule has 1 atom stereocenters. The van der Waals surface area contributed by atoms with Gasteiger partial charge < -0.3 is 15.5 Å². The Morgan fingerprint density at radius 3 is 2.81 bits per heavy atom. The SMILES string of the molecule is O=C(NCCCC(=O)N(Cc1ccsc1)C1CC12CCNCC2)C1CC1. The molecule has 1 aromatic rings. The lowest BCUT2D eigenvalue weighted by molar-refractivity contribution is -0.133. The third-order valence-corrected chi connectivity index (χ3v) is 6.92. The van der Waals surface area contributed by atoms with Gasteiger partial charge in [0.25, 0.3) is 0 Å². The summed E-state index contributed by atoms with van der Waals surface area (Å²) in [6.45, 7) is 3.50. The van der Waals surface area contributed by atoms with Crippen molar-refractivity contribution >= 4 is 23.2 Å². The highest BCUT2D eigenvalue weighted by Crippen LogP contribution is 2.56. The van der Waals surface area contributed by atoms with Crippen LogP contribution in [0.25, 0.3) is 0 Å². The maximum Gasteiger partial charge on any atom is 0.223 e. The Hall–Kier alpha value is -1.40. The summed E-state index contributed by atoms with van der Waals surface area (Å²) < 4.78 is 0. The number of carbonyl (C=O) groups is 2. The minimum absolute atomic E-state index is 0.170. The molecule has 2 heterocycles. The van der Waals surface area contributed by atoms with Crippen LogP contribution in [0.2, 0.25) is 0 Å². The Kier molecular flexibility index (Phi) is 5.32. The summed E-state index contributed by atoms with van der Waals surface area (Å²) in [7, 11) is 0. The average molecular weight is 376 g/mol. The molecule has 5 nitrogen and oxygen atoms in total. The van der Waals surface area contributed by atoms with Crippen LogP contribution in [0.1, 0.15) is 50.5 Å². The predicted molar refractivity (Wildman–Crippen MR) is 103 cm³/mol. The zero-order valence-corrected chi connectivity index (χ0v) is 16.2. The maximum absolute atomic E-state index is 13.0. The van der Waals surface area contributed by atoms with E-state index in [0.29, 0.717) is 24.4 Å². The summed E-state index contributed by atoms with van der Waals surface area (Å²) in [5.41, 5.74) is 1.60. The second kappa shape index (κ2) is 7.69. The summed E-state index contributed by atoms with van der Waals surface area (Å²) in [5, 5.41) is 10.6. The summed E-state index contributed by atoms with van der Waals surface area (Å²) in [5.74, 6) is 0.660. The first-order valence-electron chi connectivity index (χ1n) is 9.97. The standard InChI is InChI=1S/C20H29N3O2S/c24-18(2-1-8-22-19(25)16-3-4-16)23(13-15-5-11-26-14-15)17-12-20(17)6-9-21-10-7-20/h5,11,14,16-17,21H,1-4,6-10,12-13H2,(H,22,25). The smallest absolute Gasteiger partial charge is 0.223 e. The van der Waals surface area contributed by atoms with E-state index in [1.807, 2.05) is 0 Å². The van der Waals surface area contributed by atoms with Gasteiger partial charge in [-0.05, 0) is 79.4 Å². The van der Waals surface area contributed by atoms with E-state index in [2.05, 4.69) is 32.4 Å². The number of rotatable bonds is 8. The molecule has 142 valence electrons. The number of nitrogens with one attached hydrogen (secondary N) is 2. The van der Waals surface area contributed by atoms with E-state index in [1.165, 1.54) is 18.4 Å². The number of piperidine rings is 1. The van der Waals surface area contributed by atoms with E-state index in [4.69, 9.17) is 0 Å². The van der Waals surface area contributed by atoms with Crippen molar-refractivity contribution in [1.29, 1.82) is 0 Å². The molecular formula is C20H29N3O2S. The second-order valence-corrected chi connectivity index (χ2v) is 8.93. The van der Waals surface area contributed by atoms with Gasteiger partial charge in [-0.25, -0.2) is 0 Å². The molecule has 0 aromatic carbocycles. The average Bonchev–Trinajstić information content (AvgIpc) is 3.56. The van der Waals surface area contributed by atoms with E-state index >= 15 is 0 Å². The second-order valence-electron chi connectivity index (χ2n) is 8.15. The van der Waals surface area contributed by atoms with Crippen LogP contribution in [0, 0.1) is 11.3 Å². The normalized spacial score (nSPS) is 23.6. The van der Waals surface area contributed by atoms with Crippen LogP contribution in [0.4, 0.5) is 0 Å². The number of hydrogen-bond donors (Lipinski definition) is 2. The summed E-state index contributed by atoms with van der Waals surface area (Å²) in [4.78, 5) is 26.8. The van der Waals surface area contributed by atoms with Crippen molar-refractivity contribution in [2.75, 3.05) is 19.6 Å². The fraction of sp³-hybridized carbons (Fsp3) is 0.700. The van der Waals surface area contributed by atoms with Crippen molar-refractivity contribution in [2.45, 2.75) is 57.5 Å². The van der Waals surface area contributed by atoms with Gasteiger partial charge in [-0.15, -0.1) is 0 Å². The Bertz CT molecular complexity index is 635. The highest BCUT2D eigenvalue weighted by molar-refractivity contribution is 7.07. The van der Waals surface area contributed by atoms with Gasteiger partial charge in [-0.1, -0.05) is 0 Å². The molecule has 1 aromatic heterocycles. The third kappa shape index (κ3) is 4.12. The van der Waals surface area contributed by atoms with Gasteiger partial charge in [0.15, 0.2) is 0 Å². The lowest BCUT2D eigenvalue weighted by Gasteiger charge is -2.29. The summed E-state index contributed by atoms with van der Waals surface area (Å²) in [6.07, 6.45) is 6.84. The van der Waals surface area contributed by atoms with Crippen LogP contribution in [0.15, 0.2) is 16.8 Å². The number of hydrogen-bond acceptors (Lipinski definition) is 4. The third-order valence-electron chi connectivity index (χ3n) is 6.19. The highest BCUT2D eigenvalue weighted by Gasteiger charge is 2.57. The van der Waals surface area contributed by atoms with Crippen molar-refractivity contribution in [3.63, 3.8) is 0 Å². The van der Waals surface area contributed by atoms with Crippen LogP contribution in [0.5, 0.6) is 0 Å². The molecule has 3 aliphatic rings. The Morgan fingerprint density at radius 2 is 2.12 bits per heavy atom. The van der Waals surface area contributed by atoms with Crippen molar-refractivity contribution in [3.8, 4) is 0 Å². The molecule has 6 heteroatoms. The number of amides is 2. The van der Waals surface area contributed by atoms with Gasteiger partial charge in [0, 0.05) is 31.5 Å². The molecule has 2 aliphatic carbocycles. The lowest BCUT2D eigenvalue weighted by atomic mass is 9.93. The van der Waals surface area contributed by atoms with Crippen LogP contribution < -0.4 is 10.6 Å². The molecule has 1 spiro atoms. The molecule has 1 saturated heterocycles. The monoisotopic (exact) mass is 375 g/mol. The molecule has 4 rings (SSSR count). The number of thiophene rings is 1. The zero-order valence-electron chi connectivity index (χ0n) is 15.3. The molecule has 2 saturated carbocycles. The van der Waals surface area contributed by atoms with Crippen molar-refractivity contribution in [3.05, 3.63) is 22.4 Å². The Labute approximate surface area is 159 Å². The van der Waals surface area contributed by atoms with Gasteiger partial charge >= 0.3 is 0 Å². The molecule has 3 fully saturated rings. The van der Waals surface area contributed by atoms with E-state index in [-0.39, 0.29) is 17.7 Å². The van der Waals surface area contributed by atoms with E-state index in [0.717, 1.165) is 45.3 Å². The van der Waals surface area contributed by atoms with Crippen LogP contribution >= 0.6 is 11.3 Å². The largest absolute Gasteiger partial charge is 0.356 e. The fourth-order valence-electron chi connectivity index (χ4n) is 4.27. The summed E-state index contributed by atoms with van der Waals surface area (Å²) >= 11 is 1.69. The first-order chi connectivity index (χ1) is 12.7. The Morgan fingerprint density at radius 1 is 1.31 bits per heavy atom.